The summed E-state index contributed by atoms with van der Waals surface area (Å²) >= 11 is 1.88. The number of rotatable bonds is 4. The highest BCUT2D eigenvalue weighted by molar-refractivity contribution is 7.26. The first kappa shape index (κ1) is 31.2. The van der Waals surface area contributed by atoms with Crippen LogP contribution in [0.5, 0.6) is 0 Å². The van der Waals surface area contributed by atoms with Gasteiger partial charge in [0.05, 0.1) is 27.9 Å². The van der Waals surface area contributed by atoms with Crippen LogP contribution in [0.3, 0.4) is 0 Å². The molecule has 4 heteroatoms. The summed E-state index contributed by atoms with van der Waals surface area (Å²) in [6.07, 6.45) is 0. The second kappa shape index (κ2) is 12.2. The van der Waals surface area contributed by atoms with Gasteiger partial charge in [0.2, 0.25) is 0 Å². The highest BCUT2D eigenvalue weighted by Crippen LogP contribution is 2.45. The highest BCUT2D eigenvalue weighted by Gasteiger charge is 2.21. The van der Waals surface area contributed by atoms with Gasteiger partial charge in [0.1, 0.15) is 0 Å². The second-order valence-electron chi connectivity index (χ2n) is 14.6. The van der Waals surface area contributed by atoms with Crippen molar-refractivity contribution in [2.75, 3.05) is 0 Å². The topological polar surface area (TPSA) is 30.2 Å². The Balaban J connectivity index is 1.33. The molecule has 0 aliphatic rings. The zero-order valence-electron chi connectivity index (χ0n) is 30.1. The van der Waals surface area contributed by atoms with Crippen LogP contribution in [0.2, 0.25) is 0 Å². The van der Waals surface area contributed by atoms with E-state index in [1.165, 1.54) is 52.8 Å². The van der Waals surface area contributed by atoms with Crippen molar-refractivity contribution in [2.45, 2.75) is 0 Å². The van der Waals surface area contributed by atoms with Gasteiger partial charge in [-0.15, -0.1) is 11.3 Å². The number of para-hydroxylation sites is 1. The van der Waals surface area contributed by atoms with E-state index in [2.05, 4.69) is 180 Å². The van der Waals surface area contributed by atoms with Gasteiger partial charge in [-0.1, -0.05) is 140 Å². The lowest BCUT2D eigenvalue weighted by Crippen LogP contribution is -1.98. The van der Waals surface area contributed by atoms with Crippen molar-refractivity contribution in [3.05, 3.63) is 188 Å². The van der Waals surface area contributed by atoms with E-state index in [1.807, 2.05) is 23.5 Å². The number of fused-ring (bicyclic) bond motifs is 10. The fourth-order valence-electron chi connectivity index (χ4n) is 8.75. The first-order valence-electron chi connectivity index (χ1n) is 19.0. The minimum atomic E-state index is 0.687. The van der Waals surface area contributed by atoms with Crippen LogP contribution in [-0.4, -0.2) is 14.4 Å². The molecular formula is C52H31N3S. The van der Waals surface area contributed by atoms with Crippen molar-refractivity contribution < 1.29 is 0 Å². The fourth-order valence-corrected chi connectivity index (χ4v) is 9.84. The van der Waals surface area contributed by atoms with Crippen LogP contribution in [0.25, 0.3) is 114 Å². The van der Waals surface area contributed by atoms with Crippen molar-refractivity contribution in [2.24, 2.45) is 0 Å². The van der Waals surface area contributed by atoms with E-state index in [4.69, 9.17) is 9.97 Å². The molecule has 4 bridgehead atoms. The Morgan fingerprint density at radius 2 is 1.02 bits per heavy atom. The van der Waals surface area contributed by atoms with Gasteiger partial charge in [-0.05, 0) is 70.3 Å². The molecule has 0 saturated heterocycles. The third-order valence-electron chi connectivity index (χ3n) is 11.3. The molecule has 0 N–H and O–H groups in total. The normalized spacial score (nSPS) is 11.9. The summed E-state index contributed by atoms with van der Waals surface area (Å²) in [5.74, 6) is 0.687. The molecule has 0 aliphatic carbocycles. The zero-order valence-corrected chi connectivity index (χ0v) is 31.0. The fraction of sp³-hybridized carbons (Fsp3) is 0. The molecule has 0 amide bonds. The smallest absolute Gasteiger partial charge is 0.160 e. The summed E-state index contributed by atoms with van der Waals surface area (Å²) < 4.78 is 5.15. The van der Waals surface area contributed by atoms with Gasteiger partial charge in [-0.2, -0.15) is 0 Å². The molecule has 0 aliphatic heterocycles. The Morgan fingerprint density at radius 3 is 1.77 bits per heavy atom. The van der Waals surface area contributed by atoms with Crippen LogP contribution in [0.4, 0.5) is 0 Å². The Bertz CT molecular complexity index is 3450. The second-order valence-corrected chi connectivity index (χ2v) is 15.6. The molecule has 12 aromatic rings. The molecule has 56 heavy (non-hydrogen) atoms. The van der Waals surface area contributed by atoms with Crippen LogP contribution in [0, 0.1) is 0 Å². The molecule has 0 atom stereocenters. The minimum Gasteiger partial charge on any atom is -0.307 e. The quantitative estimate of drug-likeness (QED) is 0.181. The van der Waals surface area contributed by atoms with E-state index in [9.17, 15) is 0 Å². The van der Waals surface area contributed by atoms with Gasteiger partial charge in [0.15, 0.2) is 5.82 Å². The first-order chi connectivity index (χ1) is 27.7. The molecule has 8 aromatic carbocycles. The number of hydrogen-bond acceptors (Lipinski definition) is 3. The van der Waals surface area contributed by atoms with Crippen LogP contribution >= 0.6 is 11.3 Å². The molecule has 0 fully saturated rings. The number of hydrogen-bond donors (Lipinski definition) is 0. The number of benzene rings is 8. The molecule has 0 saturated carbocycles. The van der Waals surface area contributed by atoms with Gasteiger partial charge in [-0.3, -0.25) is 0 Å². The monoisotopic (exact) mass is 729 g/mol. The molecule has 0 spiro atoms. The summed E-state index contributed by atoms with van der Waals surface area (Å²) in [6, 6.07) is 68.0. The maximum Gasteiger partial charge on any atom is 0.160 e. The van der Waals surface area contributed by atoms with Gasteiger partial charge >= 0.3 is 0 Å². The van der Waals surface area contributed by atoms with Gasteiger partial charge in [-0.25, -0.2) is 9.97 Å². The molecule has 3 nitrogen and oxygen atoms in total. The van der Waals surface area contributed by atoms with Crippen molar-refractivity contribution >= 4 is 80.4 Å². The molecule has 4 heterocycles. The molecule has 0 radical (unpaired) electrons. The Hall–Kier alpha value is -7.14. The van der Waals surface area contributed by atoms with E-state index in [-0.39, 0.29) is 0 Å². The van der Waals surface area contributed by atoms with E-state index in [0.29, 0.717) is 5.82 Å². The van der Waals surface area contributed by atoms with Gasteiger partial charge < -0.3 is 4.40 Å². The van der Waals surface area contributed by atoms with Crippen molar-refractivity contribution in [1.29, 1.82) is 0 Å². The van der Waals surface area contributed by atoms with E-state index < -0.39 is 0 Å². The van der Waals surface area contributed by atoms with Crippen molar-refractivity contribution in [3.63, 3.8) is 0 Å². The zero-order chi connectivity index (χ0) is 36.7. The molecule has 4 aromatic heterocycles. The largest absolute Gasteiger partial charge is 0.307 e. The summed E-state index contributed by atoms with van der Waals surface area (Å²) in [5, 5.41) is 9.77. The standard InChI is InChI=1S/C52H31N3S/c1-4-13-32(14-5-1)41-29-38(52-53-44(33-15-6-2-7-16-33)31-45(54-52)34-17-8-3-9-18-34)30-42-37-20-12-19-35(27-37)36-23-25-47-43(28-36)49-48(56-47)26-24-40-39-21-10-11-22-46(39)55(50(41)42)51(40)49/h1-31H. The molecule has 0 unspecified atom stereocenters. The summed E-state index contributed by atoms with van der Waals surface area (Å²) in [7, 11) is 0. The van der Waals surface area contributed by atoms with Gasteiger partial charge in [0, 0.05) is 58.6 Å². The Labute approximate surface area is 326 Å². The predicted octanol–water partition coefficient (Wildman–Crippen LogP) is 14.4. The van der Waals surface area contributed by atoms with Crippen LogP contribution in [0.15, 0.2) is 188 Å². The van der Waals surface area contributed by atoms with Crippen LogP contribution < -0.4 is 0 Å². The summed E-state index contributed by atoms with van der Waals surface area (Å²) in [4.78, 5) is 10.7. The minimum absolute atomic E-state index is 0.687. The molecule has 12 rings (SSSR count). The Kier molecular flexibility index (Phi) is 6.80. The third kappa shape index (κ3) is 4.76. The van der Waals surface area contributed by atoms with Crippen LogP contribution in [-0.2, 0) is 0 Å². The maximum atomic E-state index is 5.33. The molecule has 260 valence electrons. The Morgan fingerprint density at radius 1 is 0.375 bits per heavy atom. The van der Waals surface area contributed by atoms with Crippen molar-refractivity contribution in [1.82, 2.24) is 14.4 Å². The maximum absolute atomic E-state index is 5.33. The number of nitrogens with zero attached hydrogens (tertiary/aromatic N) is 3. The average Bonchev–Trinajstić information content (AvgIpc) is 3.81. The lowest BCUT2D eigenvalue weighted by molar-refractivity contribution is 1.18. The van der Waals surface area contributed by atoms with E-state index in [1.54, 1.807) is 0 Å². The van der Waals surface area contributed by atoms with Gasteiger partial charge in [0.25, 0.3) is 0 Å². The van der Waals surface area contributed by atoms with E-state index in [0.717, 1.165) is 55.5 Å². The van der Waals surface area contributed by atoms with E-state index >= 15 is 0 Å². The molecular weight excluding hydrogens is 699 g/mol. The highest BCUT2D eigenvalue weighted by atomic mass is 32.1. The lowest BCUT2D eigenvalue weighted by atomic mass is 9.96. The number of thiophene rings is 1. The average molecular weight is 730 g/mol. The summed E-state index contributed by atoms with van der Waals surface area (Å²) in [6.45, 7) is 0. The number of aromatic nitrogens is 3. The lowest BCUT2D eigenvalue weighted by Gasteiger charge is -2.15. The third-order valence-corrected chi connectivity index (χ3v) is 12.5. The summed E-state index contributed by atoms with van der Waals surface area (Å²) in [5.41, 5.74) is 10.7. The predicted molar refractivity (Wildman–Crippen MR) is 238 cm³/mol. The van der Waals surface area contributed by atoms with Crippen LogP contribution in [0.1, 0.15) is 0 Å². The van der Waals surface area contributed by atoms with Crippen molar-refractivity contribution in [3.8, 4) is 45.0 Å². The SMILES string of the molecule is c1ccc(-c2cc(-c3ccccc3)nc(-c3cc(-c4ccccc4)c4c(c3)c3cccc(c3)c3ccc5sc6ccc7c8ccccc8n4c7c6c5c3)n2)cc1. The first-order valence-corrected chi connectivity index (χ1v) is 19.8.